The molecule has 0 saturated heterocycles. The Morgan fingerprint density at radius 1 is 1.45 bits per heavy atom. The summed E-state index contributed by atoms with van der Waals surface area (Å²) < 4.78 is 1.64. The molecule has 0 aliphatic heterocycles. The molecule has 1 heterocycles. The summed E-state index contributed by atoms with van der Waals surface area (Å²) in [7, 11) is 1.87. The van der Waals surface area contributed by atoms with E-state index >= 15 is 0 Å². The average molecular weight is 272 g/mol. The summed E-state index contributed by atoms with van der Waals surface area (Å²) in [5, 5.41) is 0. The highest BCUT2D eigenvalue weighted by Crippen LogP contribution is 2.22. The van der Waals surface area contributed by atoms with Crippen molar-refractivity contribution < 1.29 is 0 Å². The molecule has 0 aliphatic carbocycles. The molecule has 5 heteroatoms. The molecule has 0 spiro atoms. The smallest absolute Gasteiger partial charge is 0.293 e. The van der Waals surface area contributed by atoms with E-state index in [1.165, 1.54) is 0 Å². The first kappa shape index (κ1) is 14.1. The molecule has 0 bridgehead atoms. The summed E-state index contributed by atoms with van der Waals surface area (Å²) in [6.45, 7) is 4.60. The van der Waals surface area contributed by atoms with Crippen LogP contribution in [0.15, 0.2) is 41.5 Å². The van der Waals surface area contributed by atoms with Crippen LogP contribution in [0.1, 0.15) is 25.5 Å². The molecule has 106 valence electrons. The van der Waals surface area contributed by atoms with Crippen LogP contribution in [0.4, 0.5) is 11.5 Å². The zero-order chi connectivity index (χ0) is 14.7. The molecule has 1 unspecified atom stereocenters. The first-order valence-electron chi connectivity index (χ1n) is 6.68. The molecular weight excluding hydrogens is 252 g/mol. The van der Waals surface area contributed by atoms with E-state index in [1.807, 2.05) is 50.1 Å². The third-order valence-electron chi connectivity index (χ3n) is 3.54. The predicted molar refractivity (Wildman–Crippen MR) is 81.8 cm³/mol. The summed E-state index contributed by atoms with van der Waals surface area (Å²) in [6, 6.07) is 7.70. The fourth-order valence-electron chi connectivity index (χ4n) is 2.15. The van der Waals surface area contributed by atoms with Gasteiger partial charge in [0.1, 0.15) is 0 Å². The zero-order valence-corrected chi connectivity index (χ0v) is 12.1. The fourth-order valence-corrected chi connectivity index (χ4v) is 2.15. The Balaban J connectivity index is 2.36. The maximum Gasteiger partial charge on any atom is 0.293 e. The lowest BCUT2D eigenvalue weighted by molar-refractivity contribution is 0.679. The number of aromatic nitrogens is 2. The first-order valence-corrected chi connectivity index (χ1v) is 6.68. The highest BCUT2D eigenvalue weighted by Gasteiger charge is 2.17. The van der Waals surface area contributed by atoms with Crippen molar-refractivity contribution in [1.82, 2.24) is 9.55 Å². The highest BCUT2D eigenvalue weighted by molar-refractivity contribution is 5.45. The third kappa shape index (κ3) is 2.66. The predicted octanol–water partition coefficient (Wildman–Crippen LogP) is 2.04. The van der Waals surface area contributed by atoms with Crippen LogP contribution in [-0.2, 0) is 6.54 Å². The van der Waals surface area contributed by atoms with E-state index in [-0.39, 0.29) is 11.6 Å². The lowest BCUT2D eigenvalue weighted by Gasteiger charge is -2.26. The molecule has 0 aliphatic rings. The minimum absolute atomic E-state index is 0.0198. The number of nitrogens with zero attached hydrogens (tertiary/aromatic N) is 3. The van der Waals surface area contributed by atoms with Crippen molar-refractivity contribution in [2.75, 3.05) is 17.7 Å². The summed E-state index contributed by atoms with van der Waals surface area (Å²) in [5.74, 6) is 0.448. The van der Waals surface area contributed by atoms with Crippen LogP contribution in [0.3, 0.4) is 0 Å². The van der Waals surface area contributed by atoms with E-state index in [0.29, 0.717) is 12.4 Å². The zero-order valence-electron chi connectivity index (χ0n) is 12.1. The number of nitrogen functional groups attached to an aromatic ring is 1. The van der Waals surface area contributed by atoms with Gasteiger partial charge < -0.3 is 15.2 Å². The molecule has 1 aromatic carbocycles. The van der Waals surface area contributed by atoms with E-state index in [1.54, 1.807) is 17.0 Å². The van der Waals surface area contributed by atoms with Gasteiger partial charge in [-0.05, 0) is 31.5 Å². The molecule has 0 saturated carbocycles. The van der Waals surface area contributed by atoms with E-state index in [2.05, 4.69) is 4.98 Å². The Kier molecular flexibility index (Phi) is 4.08. The Morgan fingerprint density at radius 2 is 2.20 bits per heavy atom. The van der Waals surface area contributed by atoms with E-state index in [9.17, 15) is 4.79 Å². The van der Waals surface area contributed by atoms with Crippen molar-refractivity contribution in [1.29, 1.82) is 0 Å². The molecule has 0 fully saturated rings. The van der Waals surface area contributed by atoms with Crippen molar-refractivity contribution in [3.63, 3.8) is 0 Å². The monoisotopic (exact) mass is 272 g/mol. The van der Waals surface area contributed by atoms with Crippen LogP contribution in [0.25, 0.3) is 0 Å². The van der Waals surface area contributed by atoms with Crippen molar-refractivity contribution in [3.8, 4) is 0 Å². The highest BCUT2D eigenvalue weighted by atomic mass is 16.1. The van der Waals surface area contributed by atoms with Crippen LogP contribution >= 0.6 is 0 Å². The molecule has 2 rings (SSSR count). The van der Waals surface area contributed by atoms with Crippen LogP contribution in [0.5, 0.6) is 0 Å². The van der Waals surface area contributed by atoms with Gasteiger partial charge in [0.25, 0.3) is 5.56 Å². The molecule has 0 amide bonds. The third-order valence-corrected chi connectivity index (χ3v) is 3.54. The van der Waals surface area contributed by atoms with Gasteiger partial charge in [-0.25, -0.2) is 4.98 Å². The van der Waals surface area contributed by atoms with Gasteiger partial charge in [0.15, 0.2) is 5.82 Å². The maximum atomic E-state index is 12.3. The SMILES string of the molecule is CCn1ccnc(N(C)C(C)c2cccc(N)c2)c1=O. The van der Waals surface area contributed by atoms with Crippen LogP contribution in [0.2, 0.25) is 0 Å². The number of hydrogen-bond donors (Lipinski definition) is 1. The number of hydrogen-bond acceptors (Lipinski definition) is 4. The second-order valence-corrected chi connectivity index (χ2v) is 4.80. The number of rotatable bonds is 4. The van der Waals surface area contributed by atoms with Gasteiger partial charge in [-0.1, -0.05) is 12.1 Å². The van der Waals surface area contributed by atoms with Crippen LogP contribution < -0.4 is 16.2 Å². The molecule has 0 radical (unpaired) electrons. The molecule has 2 N–H and O–H groups in total. The Morgan fingerprint density at radius 3 is 2.85 bits per heavy atom. The van der Waals surface area contributed by atoms with Gasteiger partial charge in [0.2, 0.25) is 0 Å². The summed E-state index contributed by atoms with van der Waals surface area (Å²) in [6.07, 6.45) is 3.35. The second kappa shape index (κ2) is 5.77. The topological polar surface area (TPSA) is 64.2 Å². The summed E-state index contributed by atoms with van der Waals surface area (Å²) >= 11 is 0. The minimum atomic E-state index is -0.0757. The van der Waals surface area contributed by atoms with Gasteiger partial charge in [-0.2, -0.15) is 0 Å². The van der Waals surface area contributed by atoms with Gasteiger partial charge in [0, 0.05) is 31.7 Å². The van der Waals surface area contributed by atoms with E-state index in [0.717, 1.165) is 11.3 Å². The Bertz CT molecular complexity index is 650. The molecule has 1 aromatic heterocycles. The Labute approximate surface area is 118 Å². The lowest BCUT2D eigenvalue weighted by atomic mass is 10.1. The number of anilines is 2. The van der Waals surface area contributed by atoms with Crippen LogP contribution in [0, 0.1) is 0 Å². The van der Waals surface area contributed by atoms with Gasteiger partial charge in [0.05, 0.1) is 6.04 Å². The number of aryl methyl sites for hydroxylation is 1. The van der Waals surface area contributed by atoms with Crippen molar-refractivity contribution in [3.05, 3.63) is 52.6 Å². The fraction of sp³-hybridized carbons (Fsp3) is 0.333. The largest absolute Gasteiger partial charge is 0.399 e. The quantitative estimate of drug-likeness (QED) is 0.865. The normalized spacial score (nSPS) is 12.2. The maximum absolute atomic E-state index is 12.3. The van der Waals surface area contributed by atoms with E-state index in [4.69, 9.17) is 5.73 Å². The number of benzene rings is 1. The van der Waals surface area contributed by atoms with Gasteiger partial charge in [-0.3, -0.25) is 4.79 Å². The second-order valence-electron chi connectivity index (χ2n) is 4.80. The van der Waals surface area contributed by atoms with Crippen LogP contribution in [-0.4, -0.2) is 16.6 Å². The number of nitrogens with two attached hydrogens (primary N) is 1. The van der Waals surface area contributed by atoms with Gasteiger partial charge >= 0.3 is 0 Å². The van der Waals surface area contributed by atoms with Crippen molar-refractivity contribution >= 4 is 11.5 Å². The molecule has 20 heavy (non-hydrogen) atoms. The summed E-state index contributed by atoms with van der Waals surface area (Å²) in [4.78, 5) is 18.4. The van der Waals surface area contributed by atoms with Gasteiger partial charge in [-0.15, -0.1) is 0 Å². The molecule has 1 atom stereocenters. The summed E-state index contributed by atoms with van der Waals surface area (Å²) in [5.41, 5.74) is 7.51. The average Bonchev–Trinajstić information content (AvgIpc) is 2.46. The van der Waals surface area contributed by atoms with E-state index < -0.39 is 0 Å². The molecular formula is C15H20N4O. The minimum Gasteiger partial charge on any atom is -0.399 e. The lowest BCUT2D eigenvalue weighted by Crippen LogP contribution is -2.32. The molecule has 5 nitrogen and oxygen atoms in total. The van der Waals surface area contributed by atoms with Crippen molar-refractivity contribution in [2.45, 2.75) is 26.4 Å². The standard InChI is InChI=1S/C15H20N4O/c1-4-19-9-8-17-14(15(19)20)18(3)11(2)12-6-5-7-13(16)10-12/h5-11H,4,16H2,1-3H3. The van der Waals surface area contributed by atoms with Crippen molar-refractivity contribution in [2.24, 2.45) is 0 Å². The first-order chi connectivity index (χ1) is 9.54. The molecule has 2 aromatic rings. The Hall–Kier alpha value is -2.30.